The lowest BCUT2D eigenvalue weighted by molar-refractivity contribution is 0.392. The van der Waals surface area contributed by atoms with Gasteiger partial charge >= 0.3 is 0 Å². The van der Waals surface area contributed by atoms with Gasteiger partial charge in [-0.15, -0.1) is 0 Å². The number of benzene rings is 1. The highest BCUT2D eigenvalue weighted by molar-refractivity contribution is 7.80. The van der Waals surface area contributed by atoms with Gasteiger partial charge < -0.3 is 10.6 Å². The minimum absolute atomic E-state index is 0.569. The minimum atomic E-state index is 0.569. The molecule has 2 N–H and O–H groups in total. The molecule has 2 bridgehead atoms. The summed E-state index contributed by atoms with van der Waals surface area (Å²) in [6.07, 6.45) is 5.44. The van der Waals surface area contributed by atoms with Crippen molar-refractivity contribution >= 4 is 34.6 Å². The third-order valence-electron chi connectivity index (χ3n) is 4.48. The van der Waals surface area contributed by atoms with Crippen LogP contribution in [0.4, 0.5) is 5.69 Å². The molecule has 0 heterocycles. The van der Waals surface area contributed by atoms with Crippen LogP contribution in [0, 0.1) is 18.8 Å². The molecular formula is C15H19ClN2S. The molecule has 19 heavy (non-hydrogen) atoms. The first kappa shape index (κ1) is 13.2. The van der Waals surface area contributed by atoms with E-state index in [4.69, 9.17) is 23.8 Å². The Kier molecular flexibility index (Phi) is 3.68. The third-order valence-corrected chi connectivity index (χ3v) is 5.11. The Morgan fingerprint density at radius 1 is 1.32 bits per heavy atom. The Morgan fingerprint density at radius 3 is 2.79 bits per heavy atom. The number of hydrogen-bond acceptors (Lipinski definition) is 1. The summed E-state index contributed by atoms with van der Waals surface area (Å²) in [7, 11) is 0. The van der Waals surface area contributed by atoms with Gasteiger partial charge in [0.1, 0.15) is 0 Å². The van der Waals surface area contributed by atoms with Crippen molar-refractivity contribution in [1.29, 1.82) is 0 Å². The van der Waals surface area contributed by atoms with Crippen LogP contribution in [-0.4, -0.2) is 11.2 Å². The number of anilines is 1. The lowest BCUT2D eigenvalue weighted by atomic mass is 9.96. The van der Waals surface area contributed by atoms with Crippen molar-refractivity contribution in [3.8, 4) is 0 Å². The van der Waals surface area contributed by atoms with Crippen LogP contribution in [0.3, 0.4) is 0 Å². The molecule has 2 fully saturated rings. The van der Waals surface area contributed by atoms with E-state index in [0.29, 0.717) is 6.04 Å². The van der Waals surface area contributed by atoms with Crippen molar-refractivity contribution in [2.24, 2.45) is 11.8 Å². The monoisotopic (exact) mass is 294 g/mol. The molecule has 2 aliphatic carbocycles. The number of nitrogens with one attached hydrogen (secondary N) is 2. The minimum Gasteiger partial charge on any atom is -0.359 e. The first-order valence-electron chi connectivity index (χ1n) is 6.95. The summed E-state index contributed by atoms with van der Waals surface area (Å²) in [5.41, 5.74) is 2.04. The van der Waals surface area contributed by atoms with E-state index >= 15 is 0 Å². The smallest absolute Gasteiger partial charge is 0.171 e. The molecule has 0 aromatic heterocycles. The molecule has 1 aromatic rings. The number of halogens is 1. The maximum Gasteiger partial charge on any atom is 0.171 e. The SMILES string of the molecule is Cc1ccc(NC(=S)N[C@@H]2C[C@H]3CC[C@H]2C3)cc1Cl. The molecule has 0 unspecified atom stereocenters. The maximum absolute atomic E-state index is 6.12. The van der Waals surface area contributed by atoms with E-state index in [0.717, 1.165) is 33.2 Å². The van der Waals surface area contributed by atoms with Gasteiger partial charge in [0.05, 0.1) is 0 Å². The average Bonchev–Trinajstić information content (AvgIpc) is 2.96. The van der Waals surface area contributed by atoms with Gasteiger partial charge in [0.15, 0.2) is 5.11 Å². The molecule has 2 aliphatic rings. The molecule has 102 valence electrons. The predicted octanol–water partition coefficient (Wildman–Crippen LogP) is 4.12. The highest BCUT2D eigenvalue weighted by atomic mass is 35.5. The Labute approximate surface area is 124 Å². The molecule has 0 spiro atoms. The molecule has 0 radical (unpaired) electrons. The van der Waals surface area contributed by atoms with E-state index in [1.54, 1.807) is 0 Å². The molecule has 4 heteroatoms. The van der Waals surface area contributed by atoms with E-state index in [-0.39, 0.29) is 0 Å². The van der Waals surface area contributed by atoms with Crippen LogP contribution in [-0.2, 0) is 0 Å². The van der Waals surface area contributed by atoms with E-state index < -0.39 is 0 Å². The van der Waals surface area contributed by atoms with Gasteiger partial charge in [-0.2, -0.15) is 0 Å². The fraction of sp³-hybridized carbons (Fsp3) is 0.533. The zero-order valence-corrected chi connectivity index (χ0v) is 12.7. The van der Waals surface area contributed by atoms with E-state index in [9.17, 15) is 0 Å². The normalized spacial score (nSPS) is 28.4. The summed E-state index contributed by atoms with van der Waals surface area (Å²) >= 11 is 11.5. The van der Waals surface area contributed by atoms with E-state index in [1.807, 2.05) is 25.1 Å². The van der Waals surface area contributed by atoms with Gasteiger partial charge in [0.2, 0.25) is 0 Å². The maximum atomic E-state index is 6.12. The van der Waals surface area contributed by atoms with Crippen LogP contribution in [0.25, 0.3) is 0 Å². The molecular weight excluding hydrogens is 276 g/mol. The quantitative estimate of drug-likeness (QED) is 0.802. The summed E-state index contributed by atoms with van der Waals surface area (Å²) in [6, 6.07) is 6.51. The Bertz CT molecular complexity index is 503. The van der Waals surface area contributed by atoms with Gasteiger partial charge in [-0.3, -0.25) is 0 Å². The van der Waals surface area contributed by atoms with Crippen molar-refractivity contribution in [3.63, 3.8) is 0 Å². The van der Waals surface area contributed by atoms with Crippen LogP contribution >= 0.6 is 23.8 Å². The second-order valence-electron chi connectivity index (χ2n) is 5.84. The molecule has 0 amide bonds. The molecule has 2 saturated carbocycles. The predicted molar refractivity (Wildman–Crippen MR) is 84.8 cm³/mol. The molecule has 0 aliphatic heterocycles. The lowest BCUT2D eigenvalue weighted by Crippen LogP contribution is -2.40. The second kappa shape index (κ2) is 5.29. The first-order valence-corrected chi connectivity index (χ1v) is 7.74. The van der Waals surface area contributed by atoms with E-state index in [1.165, 1.54) is 25.7 Å². The fourth-order valence-electron chi connectivity index (χ4n) is 3.43. The Hall–Kier alpha value is -0.800. The van der Waals surface area contributed by atoms with Gasteiger partial charge in [-0.1, -0.05) is 24.1 Å². The summed E-state index contributed by atoms with van der Waals surface area (Å²) in [4.78, 5) is 0. The zero-order chi connectivity index (χ0) is 13.4. The van der Waals surface area contributed by atoms with Crippen LogP contribution in [0.15, 0.2) is 18.2 Å². The van der Waals surface area contributed by atoms with Crippen molar-refractivity contribution in [3.05, 3.63) is 28.8 Å². The Morgan fingerprint density at radius 2 is 2.16 bits per heavy atom. The van der Waals surface area contributed by atoms with Crippen molar-refractivity contribution in [2.75, 3.05) is 5.32 Å². The van der Waals surface area contributed by atoms with Crippen LogP contribution in [0.2, 0.25) is 5.02 Å². The van der Waals surface area contributed by atoms with Crippen LogP contribution in [0.1, 0.15) is 31.2 Å². The number of hydrogen-bond donors (Lipinski definition) is 2. The first-order chi connectivity index (χ1) is 9.11. The number of thiocarbonyl (C=S) groups is 1. The third kappa shape index (κ3) is 2.87. The second-order valence-corrected chi connectivity index (χ2v) is 6.66. The molecule has 2 nitrogen and oxygen atoms in total. The fourth-order valence-corrected chi connectivity index (χ4v) is 3.88. The number of aryl methyl sites for hydroxylation is 1. The Balaban J connectivity index is 1.57. The molecule has 3 atom stereocenters. The number of rotatable bonds is 2. The van der Waals surface area contributed by atoms with Crippen LogP contribution < -0.4 is 10.6 Å². The van der Waals surface area contributed by atoms with Gasteiger partial charge in [0, 0.05) is 16.8 Å². The topological polar surface area (TPSA) is 24.1 Å². The summed E-state index contributed by atoms with van der Waals surface area (Å²) in [5.74, 6) is 1.76. The van der Waals surface area contributed by atoms with E-state index in [2.05, 4.69) is 10.6 Å². The van der Waals surface area contributed by atoms with Crippen LogP contribution in [0.5, 0.6) is 0 Å². The van der Waals surface area contributed by atoms with Crippen molar-refractivity contribution < 1.29 is 0 Å². The van der Waals surface area contributed by atoms with Crippen molar-refractivity contribution in [1.82, 2.24) is 5.32 Å². The molecule has 1 aromatic carbocycles. The van der Waals surface area contributed by atoms with Gasteiger partial charge in [-0.05, 0) is 67.9 Å². The highest BCUT2D eigenvalue weighted by Gasteiger charge is 2.39. The van der Waals surface area contributed by atoms with Crippen molar-refractivity contribution in [2.45, 2.75) is 38.6 Å². The summed E-state index contributed by atoms with van der Waals surface area (Å²) in [5, 5.41) is 8.19. The largest absolute Gasteiger partial charge is 0.359 e. The summed E-state index contributed by atoms with van der Waals surface area (Å²) < 4.78 is 0. The van der Waals surface area contributed by atoms with Gasteiger partial charge in [-0.25, -0.2) is 0 Å². The zero-order valence-electron chi connectivity index (χ0n) is 11.1. The van der Waals surface area contributed by atoms with Gasteiger partial charge in [0.25, 0.3) is 0 Å². The summed E-state index contributed by atoms with van der Waals surface area (Å²) in [6.45, 7) is 2.00. The number of fused-ring (bicyclic) bond motifs is 2. The average molecular weight is 295 g/mol. The standard InChI is InChI=1S/C15H19ClN2S/c1-9-2-5-12(8-13(9)16)17-15(19)18-14-7-10-3-4-11(14)6-10/h2,5,8,10-11,14H,3-4,6-7H2,1H3,(H2,17,18,19)/t10-,11-,14+/m0/s1. The lowest BCUT2D eigenvalue weighted by Gasteiger charge is -2.24. The molecule has 3 rings (SSSR count). The highest BCUT2D eigenvalue weighted by Crippen LogP contribution is 2.44. The molecule has 0 saturated heterocycles.